The van der Waals surface area contributed by atoms with Crippen LogP contribution in [-0.2, 0) is 6.61 Å². The topological polar surface area (TPSA) is 109 Å². The Bertz CT molecular complexity index is 935. The van der Waals surface area contributed by atoms with Gasteiger partial charge in [-0.1, -0.05) is 19.9 Å². The average molecular weight is 477 g/mol. The van der Waals surface area contributed by atoms with E-state index >= 15 is 0 Å². The third-order valence-corrected chi connectivity index (χ3v) is 4.65. The molecule has 0 amide bonds. The summed E-state index contributed by atoms with van der Waals surface area (Å²) in [6.45, 7) is 4.56. The van der Waals surface area contributed by atoms with Crippen LogP contribution in [0.1, 0.15) is 31.0 Å². The minimum absolute atomic E-state index is 0.108. The monoisotopic (exact) mass is 477 g/mol. The molecule has 140 valence electrons. The van der Waals surface area contributed by atoms with Gasteiger partial charge in [0.2, 0.25) is 5.95 Å². The van der Waals surface area contributed by atoms with E-state index in [0.29, 0.717) is 18.1 Å². The third-order valence-electron chi connectivity index (χ3n) is 3.81. The number of hydrogen-bond acceptors (Lipinski definition) is 7. The van der Waals surface area contributed by atoms with Gasteiger partial charge in [-0.05, 0) is 52.8 Å². The van der Waals surface area contributed by atoms with Crippen LogP contribution in [0.2, 0.25) is 0 Å². The number of aromatic nitrogens is 3. The number of nitrogens with zero attached hydrogens (tertiary/aromatic N) is 3. The molecule has 8 heteroatoms. The molecule has 7 nitrogen and oxygen atoms in total. The first-order chi connectivity index (χ1) is 12.9. The molecule has 0 saturated heterocycles. The Kier molecular flexibility index (Phi) is 5.94. The molecular weight excluding hydrogens is 457 g/mol. The van der Waals surface area contributed by atoms with Gasteiger partial charge in [-0.2, -0.15) is 4.98 Å². The van der Waals surface area contributed by atoms with E-state index in [-0.39, 0.29) is 17.7 Å². The van der Waals surface area contributed by atoms with Gasteiger partial charge in [-0.3, -0.25) is 4.98 Å². The number of hydrogen-bond donors (Lipinski definition) is 2. The van der Waals surface area contributed by atoms with Crippen LogP contribution in [0, 0.1) is 3.57 Å². The fraction of sp³-hybridized carbons (Fsp3) is 0.211. The Morgan fingerprint density at radius 2 is 1.89 bits per heavy atom. The highest BCUT2D eigenvalue weighted by Crippen LogP contribution is 2.38. The Morgan fingerprint density at radius 3 is 2.56 bits per heavy atom. The van der Waals surface area contributed by atoms with Crippen LogP contribution in [-0.4, -0.2) is 15.0 Å². The number of nitrogen functional groups attached to an aromatic ring is 2. The zero-order valence-corrected chi connectivity index (χ0v) is 17.2. The van der Waals surface area contributed by atoms with Crippen molar-refractivity contribution in [2.75, 3.05) is 11.5 Å². The van der Waals surface area contributed by atoms with E-state index in [1.54, 1.807) is 6.20 Å². The summed E-state index contributed by atoms with van der Waals surface area (Å²) in [4.78, 5) is 12.2. The SMILES string of the molecule is CC(C)c1cc(OCc2ccccn2)c(I)cc1Oc1cnc(N)nc1N. The molecule has 27 heavy (non-hydrogen) atoms. The van der Waals surface area contributed by atoms with E-state index in [4.69, 9.17) is 20.9 Å². The van der Waals surface area contributed by atoms with Crippen molar-refractivity contribution in [2.45, 2.75) is 26.4 Å². The van der Waals surface area contributed by atoms with Crippen molar-refractivity contribution in [3.63, 3.8) is 0 Å². The van der Waals surface area contributed by atoms with Crippen LogP contribution in [0.5, 0.6) is 17.2 Å². The second kappa shape index (κ2) is 8.38. The molecule has 0 radical (unpaired) electrons. The lowest BCUT2D eigenvalue weighted by Gasteiger charge is -2.17. The second-order valence-electron chi connectivity index (χ2n) is 6.16. The summed E-state index contributed by atoms with van der Waals surface area (Å²) in [6, 6.07) is 9.64. The molecule has 2 heterocycles. The van der Waals surface area contributed by atoms with Crippen molar-refractivity contribution in [2.24, 2.45) is 0 Å². The fourth-order valence-electron chi connectivity index (χ4n) is 2.43. The van der Waals surface area contributed by atoms with E-state index in [1.165, 1.54) is 6.20 Å². The van der Waals surface area contributed by atoms with Gasteiger partial charge < -0.3 is 20.9 Å². The van der Waals surface area contributed by atoms with Crippen molar-refractivity contribution in [3.8, 4) is 17.2 Å². The van der Waals surface area contributed by atoms with E-state index in [1.807, 2.05) is 30.3 Å². The molecule has 0 atom stereocenters. The van der Waals surface area contributed by atoms with Crippen LogP contribution in [0.15, 0.2) is 42.7 Å². The zero-order valence-electron chi connectivity index (χ0n) is 15.0. The van der Waals surface area contributed by atoms with Gasteiger partial charge in [-0.25, -0.2) is 4.98 Å². The number of nitrogens with two attached hydrogens (primary N) is 2. The average Bonchev–Trinajstić information content (AvgIpc) is 2.64. The largest absolute Gasteiger partial charge is 0.486 e. The normalized spacial score (nSPS) is 10.8. The Morgan fingerprint density at radius 1 is 1.07 bits per heavy atom. The maximum Gasteiger partial charge on any atom is 0.222 e. The van der Waals surface area contributed by atoms with Gasteiger partial charge >= 0.3 is 0 Å². The van der Waals surface area contributed by atoms with Gasteiger partial charge in [0.05, 0.1) is 15.5 Å². The van der Waals surface area contributed by atoms with Gasteiger partial charge in [0.1, 0.15) is 18.1 Å². The molecule has 0 fully saturated rings. The van der Waals surface area contributed by atoms with E-state index in [2.05, 4.69) is 51.4 Å². The molecule has 0 bridgehead atoms. The van der Waals surface area contributed by atoms with Gasteiger partial charge in [0, 0.05) is 11.8 Å². The van der Waals surface area contributed by atoms with Gasteiger partial charge in [-0.15, -0.1) is 0 Å². The molecule has 0 aliphatic carbocycles. The molecular formula is C19H20IN5O2. The van der Waals surface area contributed by atoms with E-state index in [0.717, 1.165) is 20.6 Å². The Balaban J connectivity index is 1.87. The third kappa shape index (κ3) is 4.76. The number of ether oxygens (including phenoxy) is 2. The summed E-state index contributed by atoms with van der Waals surface area (Å²) < 4.78 is 12.9. The van der Waals surface area contributed by atoms with Crippen LogP contribution in [0.25, 0.3) is 0 Å². The van der Waals surface area contributed by atoms with Crippen molar-refractivity contribution < 1.29 is 9.47 Å². The second-order valence-corrected chi connectivity index (χ2v) is 7.33. The lowest BCUT2D eigenvalue weighted by molar-refractivity contribution is 0.298. The van der Waals surface area contributed by atoms with E-state index in [9.17, 15) is 0 Å². The van der Waals surface area contributed by atoms with Crippen LogP contribution in [0.3, 0.4) is 0 Å². The first-order valence-electron chi connectivity index (χ1n) is 8.36. The summed E-state index contributed by atoms with van der Waals surface area (Å²) in [5.41, 5.74) is 13.3. The molecule has 0 aliphatic heterocycles. The number of rotatable bonds is 6. The summed E-state index contributed by atoms with van der Waals surface area (Å²) >= 11 is 2.22. The maximum atomic E-state index is 5.98. The summed E-state index contributed by atoms with van der Waals surface area (Å²) in [7, 11) is 0. The predicted molar refractivity (Wildman–Crippen MR) is 113 cm³/mol. The van der Waals surface area contributed by atoms with Crippen LogP contribution >= 0.6 is 22.6 Å². The first kappa shape index (κ1) is 19.2. The maximum absolute atomic E-state index is 5.98. The Labute approximate surface area is 171 Å². The lowest BCUT2D eigenvalue weighted by Crippen LogP contribution is -2.04. The molecule has 0 spiro atoms. The summed E-state index contributed by atoms with van der Waals surface area (Å²) in [5.74, 6) is 2.34. The fourth-order valence-corrected chi connectivity index (χ4v) is 3.03. The van der Waals surface area contributed by atoms with E-state index < -0.39 is 0 Å². The van der Waals surface area contributed by atoms with Crippen molar-refractivity contribution in [3.05, 3.63) is 57.6 Å². The van der Waals surface area contributed by atoms with Crippen LogP contribution < -0.4 is 20.9 Å². The number of benzene rings is 1. The lowest BCUT2D eigenvalue weighted by atomic mass is 10.0. The molecule has 0 saturated carbocycles. The number of anilines is 2. The molecule has 0 aliphatic rings. The molecule has 3 rings (SSSR count). The number of pyridine rings is 1. The van der Waals surface area contributed by atoms with Gasteiger partial charge in [0.15, 0.2) is 11.6 Å². The molecule has 4 N–H and O–H groups in total. The minimum atomic E-state index is 0.108. The highest BCUT2D eigenvalue weighted by molar-refractivity contribution is 14.1. The Hall–Kier alpha value is -2.62. The van der Waals surface area contributed by atoms with Crippen molar-refractivity contribution in [1.82, 2.24) is 15.0 Å². The standard InChI is InChI=1S/C19H20IN5O2/c1-11(2)13-7-16(26-10-12-5-3-4-6-23-12)14(20)8-15(13)27-17-9-24-19(22)25-18(17)21/h3-9,11H,10H2,1-2H3,(H4,21,22,24,25). The molecule has 2 aromatic heterocycles. The molecule has 3 aromatic rings. The minimum Gasteiger partial charge on any atom is -0.486 e. The quantitative estimate of drug-likeness (QED) is 0.514. The first-order valence-corrected chi connectivity index (χ1v) is 9.44. The number of halogens is 1. The molecule has 1 aromatic carbocycles. The highest BCUT2D eigenvalue weighted by atomic mass is 127. The highest BCUT2D eigenvalue weighted by Gasteiger charge is 2.16. The predicted octanol–water partition coefficient (Wildman–Crippen LogP) is 4.14. The van der Waals surface area contributed by atoms with Crippen molar-refractivity contribution in [1.29, 1.82) is 0 Å². The molecule has 0 unspecified atom stereocenters. The van der Waals surface area contributed by atoms with Gasteiger partial charge in [0.25, 0.3) is 0 Å². The smallest absolute Gasteiger partial charge is 0.222 e. The zero-order chi connectivity index (χ0) is 19.4. The summed E-state index contributed by atoms with van der Waals surface area (Å²) in [5, 5.41) is 0. The van der Waals surface area contributed by atoms with Crippen molar-refractivity contribution >= 4 is 34.4 Å². The van der Waals surface area contributed by atoms with Crippen LogP contribution in [0.4, 0.5) is 11.8 Å². The summed E-state index contributed by atoms with van der Waals surface area (Å²) in [6.07, 6.45) is 3.22.